The number of rotatable bonds is 4. The van der Waals surface area contributed by atoms with E-state index >= 15 is 0 Å². The summed E-state index contributed by atoms with van der Waals surface area (Å²) >= 11 is 0. The molecule has 6 nitrogen and oxygen atoms in total. The first-order valence-corrected chi connectivity index (χ1v) is 4.54. The van der Waals surface area contributed by atoms with Crippen molar-refractivity contribution >= 4 is 5.57 Å². The zero-order valence-electron chi connectivity index (χ0n) is 9.03. The normalized spacial score (nSPS) is 11.2. The monoisotopic (exact) mass is 217 g/mol. The van der Waals surface area contributed by atoms with Gasteiger partial charge in [-0.2, -0.15) is 4.91 Å². The summed E-state index contributed by atoms with van der Waals surface area (Å²) in [5.41, 5.74) is 9.79. The van der Waals surface area contributed by atoms with Gasteiger partial charge in [-0.05, 0) is 23.7 Å². The molecule has 0 N–H and O–H groups in total. The third-order valence-electron chi connectivity index (χ3n) is 1.91. The molecule has 0 aliphatic rings. The molecule has 82 valence electrons. The van der Waals surface area contributed by atoms with Gasteiger partial charge in [0.25, 0.3) is 0 Å². The van der Waals surface area contributed by atoms with Gasteiger partial charge in [-0.25, -0.2) is 0 Å². The number of ether oxygens (including phenoxy) is 1. The summed E-state index contributed by atoms with van der Waals surface area (Å²) in [5, 5.41) is 9.77. The van der Waals surface area contributed by atoms with E-state index in [2.05, 4.69) is 20.5 Å². The molecule has 0 spiro atoms. The Kier molecular flexibility index (Phi) is 4.56. The van der Waals surface area contributed by atoms with E-state index in [1.165, 1.54) is 6.20 Å². The molecule has 0 atom stereocenters. The van der Waals surface area contributed by atoms with Crippen molar-refractivity contribution in [2.45, 2.75) is 6.92 Å². The summed E-state index contributed by atoms with van der Waals surface area (Å²) in [7, 11) is 1.60. The van der Waals surface area contributed by atoms with Gasteiger partial charge in [0.15, 0.2) is 0 Å². The second-order valence-electron chi connectivity index (χ2n) is 2.90. The number of para-hydroxylation sites is 1. The highest BCUT2D eigenvalue weighted by Crippen LogP contribution is 2.24. The maximum atomic E-state index is 7.99. The van der Waals surface area contributed by atoms with Crippen LogP contribution in [0.3, 0.4) is 0 Å². The Morgan fingerprint density at radius 1 is 1.44 bits per heavy atom. The average molecular weight is 217 g/mol. The fourth-order valence-corrected chi connectivity index (χ4v) is 1.19. The number of azide groups is 1. The molecule has 1 aromatic rings. The predicted molar refractivity (Wildman–Crippen MR) is 60.6 cm³/mol. The van der Waals surface area contributed by atoms with Crippen LogP contribution in [0.25, 0.3) is 16.0 Å². The van der Waals surface area contributed by atoms with Crippen molar-refractivity contribution in [3.8, 4) is 5.75 Å². The SMILES string of the molecule is COc1ccccc1/C(C)=C/N=NN=[N+]=[N-]. The topological polar surface area (TPSA) is 82.7 Å². The highest BCUT2D eigenvalue weighted by molar-refractivity contribution is 5.68. The zero-order valence-corrected chi connectivity index (χ0v) is 9.03. The van der Waals surface area contributed by atoms with Crippen LogP contribution in [0.1, 0.15) is 12.5 Å². The predicted octanol–water partition coefficient (Wildman–Crippen LogP) is 3.73. The van der Waals surface area contributed by atoms with E-state index in [4.69, 9.17) is 10.3 Å². The molecule has 0 saturated heterocycles. The van der Waals surface area contributed by atoms with Crippen molar-refractivity contribution in [1.82, 2.24) is 0 Å². The first-order valence-electron chi connectivity index (χ1n) is 4.54. The summed E-state index contributed by atoms with van der Waals surface area (Å²) in [6.45, 7) is 1.87. The first-order chi connectivity index (χ1) is 7.79. The van der Waals surface area contributed by atoms with Crippen LogP contribution < -0.4 is 4.74 Å². The molecule has 1 rings (SSSR count). The fourth-order valence-electron chi connectivity index (χ4n) is 1.19. The minimum Gasteiger partial charge on any atom is -0.496 e. The smallest absolute Gasteiger partial charge is 0.126 e. The highest BCUT2D eigenvalue weighted by Gasteiger charge is 2.02. The molecule has 0 aromatic heterocycles. The van der Waals surface area contributed by atoms with Gasteiger partial charge in [-0.15, -0.1) is 5.53 Å². The van der Waals surface area contributed by atoms with Gasteiger partial charge in [-0.1, -0.05) is 18.2 Å². The van der Waals surface area contributed by atoms with E-state index in [0.717, 1.165) is 16.9 Å². The number of hydrogen-bond acceptors (Lipinski definition) is 2. The van der Waals surface area contributed by atoms with Gasteiger partial charge in [-0.3, -0.25) is 0 Å². The lowest BCUT2D eigenvalue weighted by Crippen LogP contribution is -1.88. The molecule has 0 bridgehead atoms. The summed E-state index contributed by atoms with van der Waals surface area (Å²) < 4.78 is 5.20. The zero-order chi connectivity index (χ0) is 11.8. The molecule has 1 aromatic carbocycles. The lowest BCUT2D eigenvalue weighted by Gasteiger charge is -2.06. The quantitative estimate of drug-likeness (QED) is 0.327. The molecule has 0 fully saturated rings. The molecular formula is C10H11N5O. The Labute approximate surface area is 92.9 Å². The van der Waals surface area contributed by atoms with Crippen LogP contribution in [0.4, 0.5) is 0 Å². The number of hydrogen-bond donors (Lipinski definition) is 0. The van der Waals surface area contributed by atoms with Crippen molar-refractivity contribution < 1.29 is 4.74 Å². The Balaban J connectivity index is 2.95. The van der Waals surface area contributed by atoms with E-state index in [-0.39, 0.29) is 0 Å². The minimum absolute atomic E-state index is 0.759. The van der Waals surface area contributed by atoms with E-state index in [0.29, 0.717) is 0 Å². The Hall–Kier alpha value is -2.33. The number of methoxy groups -OCH3 is 1. The lowest BCUT2D eigenvalue weighted by atomic mass is 10.1. The molecule has 0 aliphatic carbocycles. The minimum atomic E-state index is 0.759. The van der Waals surface area contributed by atoms with E-state index in [1.54, 1.807) is 7.11 Å². The van der Waals surface area contributed by atoms with Crippen LogP contribution in [0.5, 0.6) is 5.75 Å². The van der Waals surface area contributed by atoms with Crippen LogP contribution in [0, 0.1) is 0 Å². The van der Waals surface area contributed by atoms with E-state index in [1.807, 2.05) is 31.2 Å². The standard InChI is InChI=1S/C10H11N5O/c1-8(7-12-14-15-13-11)9-5-3-4-6-10(9)16-2/h3-7H,1-2H3/b8-7+,14-12?. The molecule has 0 saturated carbocycles. The molecule has 6 heteroatoms. The first kappa shape index (κ1) is 11.7. The van der Waals surface area contributed by atoms with Crippen LogP contribution in [-0.2, 0) is 0 Å². The molecule has 0 heterocycles. The van der Waals surface area contributed by atoms with Gasteiger partial charge >= 0.3 is 0 Å². The third kappa shape index (κ3) is 3.11. The molecular weight excluding hydrogens is 206 g/mol. The van der Waals surface area contributed by atoms with Gasteiger partial charge in [0, 0.05) is 5.56 Å². The van der Waals surface area contributed by atoms with Crippen molar-refractivity contribution in [2.75, 3.05) is 7.11 Å². The summed E-state index contributed by atoms with van der Waals surface area (Å²) in [6, 6.07) is 7.56. The summed E-state index contributed by atoms with van der Waals surface area (Å²) in [5.74, 6) is 0.759. The summed E-state index contributed by atoms with van der Waals surface area (Å²) in [6.07, 6.45) is 1.51. The van der Waals surface area contributed by atoms with Crippen LogP contribution in [-0.4, -0.2) is 7.11 Å². The van der Waals surface area contributed by atoms with Gasteiger partial charge < -0.3 is 4.74 Å². The summed E-state index contributed by atoms with van der Waals surface area (Å²) in [4.78, 5) is 2.45. The number of allylic oxidation sites excluding steroid dienone is 1. The number of nitrogens with zero attached hydrogens (tertiary/aromatic N) is 5. The van der Waals surface area contributed by atoms with Crippen molar-refractivity contribution in [2.24, 2.45) is 15.6 Å². The molecule has 0 unspecified atom stereocenters. The van der Waals surface area contributed by atoms with E-state index < -0.39 is 0 Å². The van der Waals surface area contributed by atoms with Crippen LogP contribution in [0.15, 0.2) is 46.0 Å². The number of benzene rings is 1. The second kappa shape index (κ2) is 6.21. The Morgan fingerprint density at radius 3 is 2.88 bits per heavy atom. The molecule has 0 aliphatic heterocycles. The fraction of sp³-hybridized carbons (Fsp3) is 0.200. The third-order valence-corrected chi connectivity index (χ3v) is 1.91. The van der Waals surface area contributed by atoms with Gasteiger partial charge in [0.2, 0.25) is 0 Å². The average Bonchev–Trinajstić information content (AvgIpc) is 2.34. The highest BCUT2D eigenvalue weighted by atomic mass is 16.5. The van der Waals surface area contributed by atoms with Gasteiger partial charge in [0.05, 0.1) is 18.5 Å². The van der Waals surface area contributed by atoms with Crippen molar-refractivity contribution in [3.05, 3.63) is 46.5 Å². The Morgan fingerprint density at radius 2 is 2.19 bits per heavy atom. The largest absolute Gasteiger partial charge is 0.496 e. The molecule has 0 radical (unpaired) electrons. The van der Waals surface area contributed by atoms with Crippen LogP contribution in [0.2, 0.25) is 0 Å². The second-order valence-corrected chi connectivity index (χ2v) is 2.90. The molecule has 16 heavy (non-hydrogen) atoms. The lowest BCUT2D eigenvalue weighted by molar-refractivity contribution is 0.413. The maximum Gasteiger partial charge on any atom is 0.126 e. The van der Waals surface area contributed by atoms with Crippen molar-refractivity contribution in [1.29, 1.82) is 0 Å². The van der Waals surface area contributed by atoms with Gasteiger partial charge in [0.1, 0.15) is 11.0 Å². The van der Waals surface area contributed by atoms with Crippen molar-refractivity contribution in [3.63, 3.8) is 0 Å². The van der Waals surface area contributed by atoms with Crippen LogP contribution >= 0.6 is 0 Å². The molecule has 0 amide bonds. The Bertz CT molecular complexity index is 460. The maximum absolute atomic E-state index is 7.99. The van der Waals surface area contributed by atoms with E-state index in [9.17, 15) is 0 Å².